The molecule has 2 fully saturated rings. The predicted molar refractivity (Wildman–Crippen MR) is 53.7 cm³/mol. The van der Waals surface area contributed by atoms with E-state index in [0.717, 1.165) is 17.1 Å². The molecule has 2 atom stereocenters. The Morgan fingerprint density at radius 2 is 1.92 bits per heavy atom. The molecule has 2 rings (SSSR count). The van der Waals surface area contributed by atoms with Crippen LogP contribution in [0.1, 0.15) is 39.0 Å². The Labute approximate surface area is 79.2 Å². The molecule has 12 heavy (non-hydrogen) atoms. The summed E-state index contributed by atoms with van der Waals surface area (Å²) in [6.45, 7) is 3.21. The highest BCUT2D eigenvalue weighted by molar-refractivity contribution is 8.00. The van der Waals surface area contributed by atoms with Crippen molar-refractivity contribution in [2.75, 3.05) is 6.61 Å². The third kappa shape index (κ3) is 1.97. The smallest absolute Gasteiger partial charge is 0.0666 e. The van der Waals surface area contributed by atoms with E-state index in [1.54, 1.807) is 0 Å². The van der Waals surface area contributed by atoms with E-state index < -0.39 is 0 Å². The molecule has 0 bridgehead atoms. The zero-order valence-corrected chi connectivity index (χ0v) is 8.61. The van der Waals surface area contributed by atoms with E-state index in [2.05, 4.69) is 18.7 Å². The van der Waals surface area contributed by atoms with Crippen LogP contribution < -0.4 is 0 Å². The summed E-state index contributed by atoms with van der Waals surface area (Å²) < 4.78 is 5.55. The minimum Gasteiger partial charge on any atom is -0.377 e. The number of hydrogen-bond donors (Lipinski definition) is 0. The molecule has 0 aromatic heterocycles. The number of hydrogen-bond acceptors (Lipinski definition) is 2. The van der Waals surface area contributed by atoms with Gasteiger partial charge in [-0.2, -0.15) is 11.8 Å². The fraction of sp³-hybridized carbons (Fsp3) is 1.00. The molecule has 0 aromatic carbocycles. The van der Waals surface area contributed by atoms with Gasteiger partial charge in [-0.05, 0) is 26.2 Å². The summed E-state index contributed by atoms with van der Waals surface area (Å²) >= 11 is 2.20. The molecule has 0 N–H and O–H groups in total. The summed E-state index contributed by atoms with van der Waals surface area (Å²) in [6, 6.07) is 0. The molecule has 1 saturated carbocycles. The van der Waals surface area contributed by atoms with Crippen LogP contribution in [0.3, 0.4) is 0 Å². The maximum absolute atomic E-state index is 5.55. The number of ether oxygens (including phenoxy) is 1. The quantitative estimate of drug-likeness (QED) is 0.656. The molecule has 0 radical (unpaired) electrons. The average Bonchev–Trinajstić information content (AvgIpc) is 2.65. The van der Waals surface area contributed by atoms with E-state index >= 15 is 0 Å². The van der Waals surface area contributed by atoms with Crippen LogP contribution in [0.15, 0.2) is 0 Å². The molecule has 2 aliphatic rings. The molecule has 1 nitrogen and oxygen atoms in total. The van der Waals surface area contributed by atoms with Crippen molar-refractivity contribution in [1.82, 2.24) is 0 Å². The van der Waals surface area contributed by atoms with Crippen molar-refractivity contribution in [3.63, 3.8) is 0 Å². The van der Waals surface area contributed by atoms with Gasteiger partial charge in [0.2, 0.25) is 0 Å². The average molecular weight is 186 g/mol. The van der Waals surface area contributed by atoms with E-state index in [4.69, 9.17) is 4.74 Å². The Morgan fingerprint density at radius 3 is 2.50 bits per heavy atom. The Hall–Kier alpha value is 0.310. The molecule has 1 aliphatic carbocycles. The first-order chi connectivity index (χ1) is 5.86. The largest absolute Gasteiger partial charge is 0.377 e. The summed E-state index contributed by atoms with van der Waals surface area (Å²) in [5.41, 5.74) is 0. The van der Waals surface area contributed by atoms with Crippen LogP contribution >= 0.6 is 11.8 Å². The lowest BCUT2D eigenvalue weighted by Gasteiger charge is -2.17. The molecular weight excluding hydrogens is 168 g/mol. The van der Waals surface area contributed by atoms with Crippen molar-refractivity contribution in [3.05, 3.63) is 0 Å². The van der Waals surface area contributed by atoms with Gasteiger partial charge in [0.25, 0.3) is 0 Å². The minimum atomic E-state index is 0.510. The molecule has 0 amide bonds. The maximum Gasteiger partial charge on any atom is 0.0666 e. The number of thioether (sulfide) groups is 1. The van der Waals surface area contributed by atoms with Crippen LogP contribution in [0, 0.1) is 0 Å². The first-order valence-corrected chi connectivity index (χ1v) is 6.07. The van der Waals surface area contributed by atoms with Gasteiger partial charge in [-0.25, -0.2) is 0 Å². The van der Waals surface area contributed by atoms with Gasteiger partial charge in [0.1, 0.15) is 0 Å². The van der Waals surface area contributed by atoms with Crippen LogP contribution in [0.4, 0.5) is 0 Å². The fourth-order valence-electron chi connectivity index (χ4n) is 2.16. The Balaban J connectivity index is 1.77. The van der Waals surface area contributed by atoms with Crippen LogP contribution in [0.2, 0.25) is 0 Å². The molecule has 1 aliphatic heterocycles. The first-order valence-electron chi connectivity index (χ1n) is 5.13. The lowest BCUT2D eigenvalue weighted by molar-refractivity contribution is 0.127. The van der Waals surface area contributed by atoms with Gasteiger partial charge in [0.05, 0.1) is 6.10 Å². The van der Waals surface area contributed by atoms with Crippen molar-refractivity contribution in [3.8, 4) is 0 Å². The molecule has 2 heteroatoms. The van der Waals surface area contributed by atoms with E-state index in [1.165, 1.54) is 32.1 Å². The topological polar surface area (TPSA) is 9.23 Å². The first kappa shape index (κ1) is 8.89. The zero-order valence-electron chi connectivity index (χ0n) is 7.79. The highest BCUT2D eigenvalue weighted by Crippen LogP contribution is 2.37. The van der Waals surface area contributed by atoms with Crippen molar-refractivity contribution >= 4 is 11.8 Å². The molecule has 1 saturated heterocycles. The van der Waals surface area contributed by atoms with E-state index in [-0.39, 0.29) is 0 Å². The van der Waals surface area contributed by atoms with Gasteiger partial charge in [0, 0.05) is 17.1 Å². The maximum atomic E-state index is 5.55. The molecule has 1 heterocycles. The number of rotatable bonds is 2. The van der Waals surface area contributed by atoms with Gasteiger partial charge in [-0.3, -0.25) is 0 Å². The molecule has 70 valence electrons. The third-order valence-electron chi connectivity index (χ3n) is 2.98. The van der Waals surface area contributed by atoms with Crippen molar-refractivity contribution in [1.29, 1.82) is 0 Å². The highest BCUT2D eigenvalue weighted by Gasteiger charge is 2.28. The zero-order chi connectivity index (χ0) is 8.39. The van der Waals surface area contributed by atoms with Crippen molar-refractivity contribution < 1.29 is 4.74 Å². The van der Waals surface area contributed by atoms with Crippen LogP contribution in [0.5, 0.6) is 0 Å². The monoisotopic (exact) mass is 186 g/mol. The van der Waals surface area contributed by atoms with Crippen LogP contribution in [0.25, 0.3) is 0 Å². The van der Waals surface area contributed by atoms with Gasteiger partial charge >= 0.3 is 0 Å². The lowest BCUT2D eigenvalue weighted by Crippen LogP contribution is -2.16. The molecule has 2 unspecified atom stereocenters. The van der Waals surface area contributed by atoms with Crippen LogP contribution in [-0.4, -0.2) is 23.2 Å². The van der Waals surface area contributed by atoms with E-state index in [0.29, 0.717) is 6.10 Å². The molecule has 0 spiro atoms. The van der Waals surface area contributed by atoms with Gasteiger partial charge in [-0.15, -0.1) is 0 Å². The normalized spacial score (nSPS) is 37.8. The Morgan fingerprint density at radius 1 is 1.17 bits per heavy atom. The summed E-state index contributed by atoms with van der Waals surface area (Å²) in [5, 5.41) is 1.76. The second kappa shape index (κ2) is 4.01. The molecular formula is C10H18OS. The second-order valence-corrected chi connectivity index (χ2v) is 5.49. The predicted octanol–water partition coefficient (Wildman–Crippen LogP) is 2.84. The fourth-order valence-corrected chi connectivity index (χ4v) is 3.79. The summed E-state index contributed by atoms with van der Waals surface area (Å²) in [4.78, 5) is 0. The Bertz CT molecular complexity index is 143. The summed E-state index contributed by atoms with van der Waals surface area (Å²) in [5.74, 6) is 0. The summed E-state index contributed by atoms with van der Waals surface area (Å²) in [7, 11) is 0. The summed E-state index contributed by atoms with van der Waals surface area (Å²) in [6.07, 6.45) is 7.61. The second-order valence-electron chi connectivity index (χ2n) is 3.95. The minimum absolute atomic E-state index is 0.510. The van der Waals surface area contributed by atoms with Crippen LogP contribution in [-0.2, 0) is 4.74 Å². The standard InChI is InChI=1S/C10H18OS/c1-8-10(6-7-11-8)12-9-4-2-3-5-9/h8-10H,2-7H2,1H3. The van der Waals surface area contributed by atoms with Crippen molar-refractivity contribution in [2.24, 2.45) is 0 Å². The Kier molecular flexibility index (Phi) is 2.97. The van der Waals surface area contributed by atoms with Crippen molar-refractivity contribution in [2.45, 2.75) is 55.6 Å². The third-order valence-corrected chi connectivity index (χ3v) is 4.80. The molecule has 0 aromatic rings. The highest BCUT2D eigenvalue weighted by atomic mass is 32.2. The van der Waals surface area contributed by atoms with E-state index in [1.807, 2.05) is 0 Å². The SMILES string of the molecule is CC1OCCC1SC1CCCC1. The lowest BCUT2D eigenvalue weighted by atomic mass is 10.3. The van der Waals surface area contributed by atoms with Gasteiger partial charge in [-0.1, -0.05) is 12.8 Å². The van der Waals surface area contributed by atoms with Gasteiger partial charge < -0.3 is 4.74 Å². The van der Waals surface area contributed by atoms with Gasteiger partial charge in [0.15, 0.2) is 0 Å². The van der Waals surface area contributed by atoms with E-state index in [9.17, 15) is 0 Å².